The Morgan fingerprint density at radius 2 is 1.44 bits per heavy atom. The summed E-state index contributed by atoms with van der Waals surface area (Å²) in [4.78, 5) is 21.6. The minimum Gasteiger partial charge on any atom is -0.478 e. The third kappa shape index (κ3) is 2.38. The number of hydrogen-bond donors (Lipinski definition) is 2. The van der Waals surface area contributed by atoms with Crippen LogP contribution in [-0.2, 0) is 9.59 Å². The van der Waals surface area contributed by atoms with Gasteiger partial charge in [0.2, 0.25) is 0 Å². The van der Waals surface area contributed by atoms with E-state index in [1.807, 2.05) is 18.2 Å². The lowest BCUT2D eigenvalue weighted by atomic mass is 10.1. The van der Waals surface area contributed by atoms with Crippen LogP contribution in [0.3, 0.4) is 0 Å². The molecule has 90 valence electrons. The van der Waals surface area contributed by atoms with Gasteiger partial charge in [0.15, 0.2) is 0 Å². The van der Waals surface area contributed by atoms with Gasteiger partial charge in [0.05, 0.1) is 5.57 Å². The van der Waals surface area contributed by atoms with Crippen molar-refractivity contribution in [2.24, 2.45) is 0 Å². The molecular formula is C14H10O4. The van der Waals surface area contributed by atoms with Crippen LogP contribution in [0.15, 0.2) is 48.5 Å². The summed E-state index contributed by atoms with van der Waals surface area (Å²) in [6.07, 6.45) is 0.697. The van der Waals surface area contributed by atoms with Gasteiger partial charge in [0.25, 0.3) is 0 Å². The Morgan fingerprint density at radius 3 is 1.89 bits per heavy atom. The number of carbonyl (C=O) groups is 2. The monoisotopic (exact) mass is 242 g/mol. The van der Waals surface area contributed by atoms with Crippen LogP contribution >= 0.6 is 0 Å². The topological polar surface area (TPSA) is 74.6 Å². The first-order chi connectivity index (χ1) is 8.58. The Labute approximate surface area is 103 Å². The molecule has 0 atom stereocenters. The van der Waals surface area contributed by atoms with Crippen molar-refractivity contribution in [3.05, 3.63) is 54.1 Å². The molecule has 0 spiro atoms. The van der Waals surface area contributed by atoms with Gasteiger partial charge in [-0.25, -0.2) is 9.59 Å². The van der Waals surface area contributed by atoms with Gasteiger partial charge in [-0.15, -0.1) is 0 Å². The summed E-state index contributed by atoms with van der Waals surface area (Å²) in [6.45, 7) is 0. The number of fused-ring (bicyclic) bond motifs is 1. The first-order valence-electron chi connectivity index (χ1n) is 5.25. The summed E-state index contributed by atoms with van der Waals surface area (Å²) in [5.41, 5.74) is 2.07. The van der Waals surface area contributed by atoms with Crippen LogP contribution in [0.2, 0.25) is 0 Å². The molecule has 0 aromatic carbocycles. The van der Waals surface area contributed by atoms with Gasteiger partial charge in [0, 0.05) is 6.08 Å². The summed E-state index contributed by atoms with van der Waals surface area (Å²) < 4.78 is 0. The maximum atomic E-state index is 11.0. The average molecular weight is 242 g/mol. The quantitative estimate of drug-likeness (QED) is 0.810. The van der Waals surface area contributed by atoms with E-state index in [1.165, 1.54) is 0 Å². The molecular weight excluding hydrogens is 232 g/mol. The molecule has 0 amide bonds. The van der Waals surface area contributed by atoms with Crippen molar-refractivity contribution in [3.8, 4) is 11.1 Å². The van der Waals surface area contributed by atoms with E-state index < -0.39 is 11.9 Å². The molecule has 0 aromatic heterocycles. The lowest BCUT2D eigenvalue weighted by molar-refractivity contribution is -0.133. The predicted octanol–water partition coefficient (Wildman–Crippen LogP) is 2.34. The highest BCUT2D eigenvalue weighted by Gasteiger charge is 2.12. The lowest BCUT2D eigenvalue weighted by Crippen LogP contribution is -2.02. The SMILES string of the molecule is O=C(O)/C=C(\C(=O)O)c1ccc2cccc-2cc1. The zero-order valence-electron chi connectivity index (χ0n) is 9.33. The van der Waals surface area contributed by atoms with Crippen molar-refractivity contribution in [2.45, 2.75) is 0 Å². The Bertz CT molecular complexity index is 582. The molecule has 0 heterocycles. The van der Waals surface area contributed by atoms with E-state index in [9.17, 15) is 9.59 Å². The van der Waals surface area contributed by atoms with Gasteiger partial charge in [-0.1, -0.05) is 42.5 Å². The van der Waals surface area contributed by atoms with E-state index in [4.69, 9.17) is 10.2 Å². The van der Waals surface area contributed by atoms with Crippen LogP contribution in [0.5, 0.6) is 0 Å². The molecule has 0 saturated heterocycles. The second-order valence-corrected chi connectivity index (χ2v) is 3.76. The Morgan fingerprint density at radius 1 is 0.889 bits per heavy atom. The van der Waals surface area contributed by atoms with Crippen LogP contribution < -0.4 is 0 Å². The van der Waals surface area contributed by atoms with Gasteiger partial charge in [-0.3, -0.25) is 0 Å². The molecule has 0 radical (unpaired) electrons. The molecule has 2 aliphatic rings. The fourth-order valence-corrected chi connectivity index (χ4v) is 1.74. The number of carboxylic acid groups (broad SMARTS) is 2. The number of hydrogen-bond acceptors (Lipinski definition) is 2. The normalized spacial score (nSPS) is 11.4. The first kappa shape index (κ1) is 11.9. The molecule has 4 heteroatoms. The van der Waals surface area contributed by atoms with E-state index >= 15 is 0 Å². The van der Waals surface area contributed by atoms with Crippen LogP contribution in [0.25, 0.3) is 16.7 Å². The highest BCUT2D eigenvalue weighted by Crippen LogP contribution is 2.24. The van der Waals surface area contributed by atoms with Gasteiger partial charge < -0.3 is 10.2 Å². The third-order valence-corrected chi connectivity index (χ3v) is 2.58. The third-order valence-electron chi connectivity index (χ3n) is 2.58. The minimum absolute atomic E-state index is 0.236. The Kier molecular flexibility index (Phi) is 3.10. The molecule has 18 heavy (non-hydrogen) atoms. The molecule has 4 nitrogen and oxygen atoms in total. The molecule has 0 bridgehead atoms. The van der Waals surface area contributed by atoms with Crippen molar-refractivity contribution in [2.75, 3.05) is 0 Å². The van der Waals surface area contributed by atoms with Gasteiger partial charge in [0.1, 0.15) is 0 Å². The molecule has 0 unspecified atom stereocenters. The maximum Gasteiger partial charge on any atom is 0.336 e. The molecule has 2 rings (SSSR count). The predicted molar refractivity (Wildman–Crippen MR) is 66.3 cm³/mol. The molecule has 0 fully saturated rings. The zero-order valence-corrected chi connectivity index (χ0v) is 9.33. The Hall–Kier alpha value is -2.62. The van der Waals surface area contributed by atoms with Crippen molar-refractivity contribution < 1.29 is 19.8 Å². The second kappa shape index (κ2) is 4.71. The fraction of sp³-hybridized carbons (Fsp3) is 0. The van der Waals surface area contributed by atoms with Crippen molar-refractivity contribution in [3.63, 3.8) is 0 Å². The van der Waals surface area contributed by atoms with Crippen LogP contribution in [-0.4, -0.2) is 22.2 Å². The van der Waals surface area contributed by atoms with E-state index in [0.717, 1.165) is 11.1 Å². The standard InChI is InChI=1S/C14H10O4/c15-13(16)8-12(14(17)18)11-6-4-9-2-1-3-10(9)5-7-11/h1-8H,(H,15,16)(H,17,18)/b12-8-. The largest absolute Gasteiger partial charge is 0.478 e. The molecule has 2 N–H and O–H groups in total. The van der Waals surface area contributed by atoms with Crippen LogP contribution in [0.4, 0.5) is 0 Å². The van der Waals surface area contributed by atoms with Gasteiger partial charge in [-0.2, -0.15) is 0 Å². The van der Waals surface area contributed by atoms with E-state index in [0.29, 0.717) is 11.6 Å². The van der Waals surface area contributed by atoms with Gasteiger partial charge >= 0.3 is 11.9 Å². The van der Waals surface area contributed by atoms with E-state index in [1.54, 1.807) is 24.3 Å². The number of rotatable bonds is 3. The smallest absolute Gasteiger partial charge is 0.336 e. The summed E-state index contributed by atoms with van der Waals surface area (Å²) in [7, 11) is 0. The average Bonchev–Trinajstić information content (AvgIpc) is 2.66. The first-order valence-corrected chi connectivity index (χ1v) is 5.25. The summed E-state index contributed by atoms with van der Waals surface area (Å²) in [6, 6.07) is 12.4. The molecule has 0 aromatic rings. The van der Waals surface area contributed by atoms with Crippen molar-refractivity contribution in [1.29, 1.82) is 0 Å². The fourth-order valence-electron chi connectivity index (χ4n) is 1.74. The van der Waals surface area contributed by atoms with Crippen molar-refractivity contribution >= 4 is 17.5 Å². The lowest BCUT2D eigenvalue weighted by Gasteiger charge is -1.98. The zero-order chi connectivity index (χ0) is 13.1. The van der Waals surface area contributed by atoms with Crippen molar-refractivity contribution in [1.82, 2.24) is 0 Å². The summed E-state index contributed by atoms with van der Waals surface area (Å²) in [5, 5.41) is 17.7. The highest BCUT2D eigenvalue weighted by molar-refractivity contribution is 6.19. The summed E-state index contributed by atoms with van der Waals surface area (Å²) in [5.74, 6) is -2.54. The highest BCUT2D eigenvalue weighted by atomic mass is 16.4. The van der Waals surface area contributed by atoms with E-state index in [2.05, 4.69) is 0 Å². The molecule has 0 saturated carbocycles. The minimum atomic E-state index is -1.28. The molecule has 0 aliphatic heterocycles. The summed E-state index contributed by atoms with van der Waals surface area (Å²) >= 11 is 0. The van der Waals surface area contributed by atoms with Crippen LogP contribution in [0.1, 0.15) is 5.56 Å². The van der Waals surface area contributed by atoms with Gasteiger partial charge in [-0.05, 0) is 16.7 Å². The molecule has 2 aliphatic carbocycles. The second-order valence-electron chi connectivity index (χ2n) is 3.76. The Balaban J connectivity index is 2.55. The van der Waals surface area contributed by atoms with Crippen LogP contribution in [0, 0.1) is 0 Å². The number of aliphatic carboxylic acids is 2. The number of carboxylic acids is 2. The van der Waals surface area contributed by atoms with E-state index in [-0.39, 0.29) is 5.57 Å². The maximum absolute atomic E-state index is 11.0.